The molecule has 29 heavy (non-hydrogen) atoms. The Morgan fingerprint density at radius 2 is 1.34 bits per heavy atom. The second-order valence-electron chi connectivity index (χ2n) is 6.08. The SMILES string of the molecule is CC(=O)c1cc(C)c(C#N)c(I)c1O.COc1c(C(C)=O)cc(C)c(C#N)c1I. The minimum Gasteiger partial charge on any atom is -0.506 e. The number of hydrogen-bond donors (Lipinski definition) is 1. The fraction of sp³-hybridized carbons (Fsp3) is 0.238. The van der Waals surface area contributed by atoms with Crippen LogP contribution in [0, 0.1) is 43.7 Å². The average molecular weight is 616 g/mol. The van der Waals surface area contributed by atoms with Gasteiger partial charge in [-0.15, -0.1) is 0 Å². The number of aromatic hydroxyl groups is 1. The number of methoxy groups -OCH3 is 1. The van der Waals surface area contributed by atoms with Crippen molar-refractivity contribution in [3.05, 3.63) is 52.7 Å². The van der Waals surface area contributed by atoms with E-state index in [1.807, 2.05) is 58.2 Å². The summed E-state index contributed by atoms with van der Waals surface area (Å²) in [6, 6.07) is 7.33. The zero-order valence-corrected chi connectivity index (χ0v) is 20.8. The number of Topliss-reactive ketones (excluding diaryl/α,β-unsaturated/α-hetero) is 2. The van der Waals surface area contributed by atoms with E-state index in [2.05, 4.69) is 6.07 Å². The highest BCUT2D eigenvalue weighted by Crippen LogP contribution is 2.31. The number of ketones is 2. The number of halogens is 2. The number of nitriles is 2. The number of phenolic OH excluding ortho intramolecular Hbond substituents is 1. The number of ether oxygens (including phenoxy) is 1. The van der Waals surface area contributed by atoms with E-state index in [9.17, 15) is 14.7 Å². The molecule has 0 unspecified atom stereocenters. The Morgan fingerprint density at radius 1 is 0.931 bits per heavy atom. The van der Waals surface area contributed by atoms with Crippen LogP contribution in [0.2, 0.25) is 0 Å². The zero-order chi connectivity index (χ0) is 22.5. The van der Waals surface area contributed by atoms with E-state index < -0.39 is 0 Å². The van der Waals surface area contributed by atoms with Crippen molar-refractivity contribution in [2.24, 2.45) is 0 Å². The van der Waals surface area contributed by atoms with Gasteiger partial charge in [0, 0.05) is 0 Å². The van der Waals surface area contributed by atoms with E-state index in [4.69, 9.17) is 15.3 Å². The van der Waals surface area contributed by atoms with Gasteiger partial charge in [-0.3, -0.25) is 9.59 Å². The number of carbonyl (C=O) groups excluding carboxylic acids is 2. The first-order chi connectivity index (χ1) is 13.5. The maximum Gasteiger partial charge on any atom is 0.163 e. The molecule has 0 amide bonds. The maximum atomic E-state index is 11.4. The summed E-state index contributed by atoms with van der Waals surface area (Å²) in [5, 5.41) is 27.4. The third-order valence-electron chi connectivity index (χ3n) is 4.04. The summed E-state index contributed by atoms with van der Waals surface area (Å²) in [5.74, 6) is 0.135. The normalized spacial score (nSPS) is 9.55. The van der Waals surface area contributed by atoms with Gasteiger partial charge >= 0.3 is 0 Å². The van der Waals surface area contributed by atoms with Gasteiger partial charge in [0.15, 0.2) is 11.6 Å². The zero-order valence-electron chi connectivity index (χ0n) is 16.5. The van der Waals surface area contributed by atoms with Gasteiger partial charge < -0.3 is 9.84 Å². The van der Waals surface area contributed by atoms with E-state index >= 15 is 0 Å². The molecule has 0 fully saturated rings. The van der Waals surface area contributed by atoms with Crippen molar-refractivity contribution in [2.75, 3.05) is 7.11 Å². The molecule has 2 rings (SSSR count). The lowest BCUT2D eigenvalue weighted by molar-refractivity contribution is 0.100. The van der Waals surface area contributed by atoms with Crippen molar-refractivity contribution in [3.63, 3.8) is 0 Å². The molecule has 2 aromatic rings. The molecule has 0 aliphatic heterocycles. The highest BCUT2D eigenvalue weighted by atomic mass is 127. The van der Waals surface area contributed by atoms with Gasteiger partial charge in [-0.25, -0.2) is 0 Å². The van der Waals surface area contributed by atoms with Crippen molar-refractivity contribution in [1.29, 1.82) is 10.5 Å². The molecule has 0 radical (unpaired) electrons. The van der Waals surface area contributed by atoms with Gasteiger partial charge in [0.2, 0.25) is 0 Å². The monoisotopic (exact) mass is 616 g/mol. The summed E-state index contributed by atoms with van der Waals surface area (Å²) in [5.41, 5.74) is 3.29. The van der Waals surface area contributed by atoms with Gasteiger partial charge in [-0.1, -0.05) is 0 Å². The molecule has 0 atom stereocenters. The predicted molar refractivity (Wildman–Crippen MR) is 125 cm³/mol. The molecule has 0 aromatic heterocycles. The smallest absolute Gasteiger partial charge is 0.163 e. The molecule has 2 aromatic carbocycles. The molecule has 0 spiro atoms. The largest absolute Gasteiger partial charge is 0.506 e. The molecule has 8 heteroatoms. The van der Waals surface area contributed by atoms with E-state index in [1.54, 1.807) is 19.1 Å². The number of nitrogens with zero attached hydrogens (tertiary/aromatic N) is 2. The van der Waals surface area contributed by atoms with Crippen LogP contribution in [0.3, 0.4) is 0 Å². The summed E-state index contributed by atoms with van der Waals surface area (Å²) < 4.78 is 6.29. The van der Waals surface area contributed by atoms with Crippen LogP contribution >= 0.6 is 45.2 Å². The number of rotatable bonds is 3. The van der Waals surface area contributed by atoms with E-state index in [0.717, 1.165) is 5.56 Å². The highest BCUT2D eigenvalue weighted by molar-refractivity contribution is 14.1. The van der Waals surface area contributed by atoms with Crippen LogP contribution < -0.4 is 4.74 Å². The highest BCUT2D eigenvalue weighted by Gasteiger charge is 2.17. The molecule has 150 valence electrons. The predicted octanol–water partition coefficient (Wildman–Crippen LogP) is 5.06. The van der Waals surface area contributed by atoms with Crippen LogP contribution in [0.15, 0.2) is 12.1 Å². The second kappa shape index (κ2) is 10.6. The Hall–Kier alpha value is -2.18. The van der Waals surface area contributed by atoms with Crippen LogP contribution in [0.1, 0.15) is 56.8 Å². The van der Waals surface area contributed by atoms with Crippen LogP contribution in [0.4, 0.5) is 0 Å². The van der Waals surface area contributed by atoms with Crippen molar-refractivity contribution in [1.82, 2.24) is 0 Å². The van der Waals surface area contributed by atoms with Gasteiger partial charge in [0.1, 0.15) is 23.6 Å². The lowest BCUT2D eigenvalue weighted by atomic mass is 10.0. The summed E-state index contributed by atoms with van der Waals surface area (Å²) in [6.45, 7) is 6.43. The molecule has 0 aliphatic carbocycles. The first-order valence-corrected chi connectivity index (χ1v) is 10.4. The van der Waals surface area contributed by atoms with Gasteiger partial charge in [-0.05, 0) is 96.1 Å². The molecule has 0 aliphatic rings. The molecule has 0 bridgehead atoms. The first-order valence-electron chi connectivity index (χ1n) is 8.22. The molecule has 0 saturated heterocycles. The average Bonchev–Trinajstić information content (AvgIpc) is 2.65. The van der Waals surface area contributed by atoms with E-state index in [0.29, 0.717) is 35.1 Å². The van der Waals surface area contributed by atoms with Gasteiger partial charge in [-0.2, -0.15) is 10.5 Å². The number of phenols is 1. The lowest BCUT2D eigenvalue weighted by Crippen LogP contribution is -2.03. The van der Waals surface area contributed by atoms with Crippen molar-refractivity contribution in [3.8, 4) is 23.6 Å². The lowest BCUT2D eigenvalue weighted by Gasteiger charge is -2.11. The molecule has 0 heterocycles. The Balaban J connectivity index is 0.000000291. The van der Waals surface area contributed by atoms with E-state index in [1.165, 1.54) is 21.0 Å². The Labute approximate surface area is 196 Å². The first kappa shape index (κ1) is 24.9. The van der Waals surface area contributed by atoms with Crippen LogP contribution in [-0.4, -0.2) is 23.8 Å². The third-order valence-corrected chi connectivity index (χ3v) is 6.12. The summed E-state index contributed by atoms with van der Waals surface area (Å²) in [7, 11) is 1.50. The number of benzene rings is 2. The molecular weight excluding hydrogens is 598 g/mol. The maximum absolute atomic E-state index is 11.4. The standard InChI is InChI=1S/C11H10INO2.C10H8INO2/c1-6-4-8(7(2)14)11(15-3)10(12)9(6)5-13;1-5-3-7(6(2)13)10(14)9(11)8(5)4-12/h4H,1-3H3;3,14H,1-2H3. The van der Waals surface area contributed by atoms with Crippen LogP contribution in [-0.2, 0) is 0 Å². The summed E-state index contributed by atoms with van der Waals surface area (Å²) in [6.07, 6.45) is 0. The molecule has 6 nitrogen and oxygen atoms in total. The fourth-order valence-electron chi connectivity index (χ4n) is 2.53. The van der Waals surface area contributed by atoms with Crippen molar-refractivity contribution in [2.45, 2.75) is 27.7 Å². The Bertz CT molecular complexity index is 1080. The summed E-state index contributed by atoms with van der Waals surface area (Å²) in [4.78, 5) is 22.5. The molecule has 1 N–H and O–H groups in total. The number of aryl methyl sites for hydroxylation is 2. The minimum absolute atomic E-state index is 0.0580. The van der Waals surface area contributed by atoms with Crippen molar-refractivity contribution < 1.29 is 19.4 Å². The van der Waals surface area contributed by atoms with Gasteiger partial charge in [0.25, 0.3) is 0 Å². The van der Waals surface area contributed by atoms with Crippen molar-refractivity contribution >= 4 is 56.7 Å². The fourth-order valence-corrected chi connectivity index (χ4v) is 4.42. The summed E-state index contributed by atoms with van der Waals surface area (Å²) >= 11 is 3.89. The van der Waals surface area contributed by atoms with E-state index in [-0.39, 0.29) is 22.9 Å². The number of hydrogen-bond acceptors (Lipinski definition) is 6. The van der Waals surface area contributed by atoms with Gasteiger partial charge in [0.05, 0.1) is 36.5 Å². The quantitative estimate of drug-likeness (QED) is 0.382. The third kappa shape index (κ3) is 5.46. The second-order valence-corrected chi connectivity index (χ2v) is 8.24. The van der Waals surface area contributed by atoms with Crippen LogP contribution in [0.5, 0.6) is 11.5 Å². The number of carbonyl (C=O) groups is 2. The Kier molecular flexibility index (Phi) is 9.05. The Morgan fingerprint density at radius 3 is 1.72 bits per heavy atom. The topological polar surface area (TPSA) is 111 Å². The molecule has 0 saturated carbocycles. The molecular formula is C21H18I2N2O4. The minimum atomic E-state index is -0.201. The van der Waals surface area contributed by atoms with Crippen LogP contribution in [0.25, 0.3) is 0 Å².